The highest BCUT2D eigenvalue weighted by Gasteiger charge is 2.37. The smallest absolute Gasteiger partial charge is 0.280 e. The fourth-order valence-corrected chi connectivity index (χ4v) is 1.52. The van der Waals surface area contributed by atoms with E-state index in [2.05, 4.69) is 9.97 Å². The zero-order valence-electron chi connectivity index (χ0n) is 7.99. The zero-order valence-corrected chi connectivity index (χ0v) is 8.81. The van der Waals surface area contributed by atoms with Crippen LogP contribution in [0.2, 0.25) is 0 Å². The molecule has 0 bridgehead atoms. The number of nitrogens with two attached hydrogens (primary N) is 1. The largest absolute Gasteiger partial charge is 0.319 e. The summed E-state index contributed by atoms with van der Waals surface area (Å²) in [6.45, 7) is 0. The van der Waals surface area contributed by atoms with Crippen molar-refractivity contribution < 1.29 is 8.78 Å². The highest BCUT2D eigenvalue weighted by atomic mass is 35.5. The molecule has 2 rings (SSSR count). The van der Waals surface area contributed by atoms with Gasteiger partial charge in [0.1, 0.15) is 11.5 Å². The second-order valence-corrected chi connectivity index (χ2v) is 3.62. The van der Waals surface area contributed by atoms with Crippen molar-refractivity contribution in [2.24, 2.45) is 5.73 Å². The summed E-state index contributed by atoms with van der Waals surface area (Å²) in [5, 5.41) is 0. The van der Waals surface area contributed by atoms with Crippen LogP contribution >= 0.6 is 12.4 Å². The Bertz CT molecular complexity index is 342. The van der Waals surface area contributed by atoms with Gasteiger partial charge < -0.3 is 5.73 Å². The van der Waals surface area contributed by atoms with Crippen molar-refractivity contribution in [1.29, 1.82) is 0 Å². The van der Waals surface area contributed by atoms with Gasteiger partial charge in [0.2, 0.25) is 0 Å². The van der Waals surface area contributed by atoms with Gasteiger partial charge in [-0.15, -0.1) is 12.4 Å². The predicted molar refractivity (Wildman–Crippen MR) is 54.0 cm³/mol. The summed E-state index contributed by atoms with van der Waals surface area (Å²) < 4.78 is 24.7. The van der Waals surface area contributed by atoms with Gasteiger partial charge in [-0.05, 0) is 25.3 Å². The molecule has 0 aliphatic heterocycles. The highest BCUT2D eigenvalue weighted by molar-refractivity contribution is 5.85. The quantitative estimate of drug-likeness (QED) is 0.855. The van der Waals surface area contributed by atoms with E-state index in [1.54, 1.807) is 0 Å². The summed E-state index contributed by atoms with van der Waals surface area (Å²) in [5.41, 5.74) is 5.11. The monoisotopic (exact) mass is 235 g/mol. The Labute approximate surface area is 92.5 Å². The molecule has 6 heteroatoms. The molecule has 1 fully saturated rings. The summed E-state index contributed by atoms with van der Waals surface area (Å²) in [6, 6.07) is 1.22. The van der Waals surface area contributed by atoms with Gasteiger partial charge >= 0.3 is 0 Å². The molecule has 84 valence electrons. The van der Waals surface area contributed by atoms with Crippen molar-refractivity contribution in [3.63, 3.8) is 0 Å². The second kappa shape index (κ2) is 4.37. The Balaban J connectivity index is 0.00000112. The third-order valence-electron chi connectivity index (χ3n) is 2.59. The van der Waals surface area contributed by atoms with Crippen LogP contribution in [0.1, 0.15) is 37.2 Å². The fraction of sp³-hybridized carbons (Fsp3) is 0.556. The molecule has 3 nitrogen and oxygen atoms in total. The van der Waals surface area contributed by atoms with E-state index in [9.17, 15) is 8.78 Å². The van der Waals surface area contributed by atoms with E-state index in [0.717, 1.165) is 19.3 Å². The predicted octanol–water partition coefficient (Wildman–Crippen LogP) is 2.17. The van der Waals surface area contributed by atoms with Gasteiger partial charge in [0.15, 0.2) is 0 Å². The molecule has 1 aromatic rings. The van der Waals surface area contributed by atoms with Crippen LogP contribution in [0.4, 0.5) is 8.78 Å². The average molecular weight is 236 g/mol. The average Bonchev–Trinajstić information content (AvgIpc) is 2.14. The summed E-state index contributed by atoms with van der Waals surface area (Å²) in [6.07, 6.45) is 1.36. The first-order chi connectivity index (χ1) is 6.62. The molecule has 0 unspecified atom stereocenters. The van der Waals surface area contributed by atoms with Crippen LogP contribution in [0, 0.1) is 0 Å². The van der Waals surface area contributed by atoms with Gasteiger partial charge in [-0.3, -0.25) is 0 Å². The molecule has 15 heavy (non-hydrogen) atoms. The van der Waals surface area contributed by atoms with Crippen LogP contribution in [0.3, 0.4) is 0 Å². The minimum absolute atomic E-state index is 0. The lowest BCUT2D eigenvalue weighted by atomic mass is 9.77. The first-order valence-corrected chi connectivity index (χ1v) is 4.52. The maximum Gasteiger partial charge on any atom is 0.280 e. The van der Waals surface area contributed by atoms with E-state index in [1.165, 1.54) is 12.3 Å². The molecular weight excluding hydrogens is 224 g/mol. The van der Waals surface area contributed by atoms with E-state index in [-0.39, 0.29) is 18.1 Å². The van der Waals surface area contributed by atoms with Crippen LogP contribution in [0.25, 0.3) is 0 Å². The van der Waals surface area contributed by atoms with Gasteiger partial charge in [0.05, 0.1) is 5.54 Å². The maximum atomic E-state index is 12.3. The zero-order chi connectivity index (χ0) is 10.2. The first kappa shape index (κ1) is 12.3. The van der Waals surface area contributed by atoms with Crippen LogP contribution in [-0.2, 0) is 5.54 Å². The van der Waals surface area contributed by atoms with Crippen molar-refractivity contribution >= 4 is 12.4 Å². The lowest BCUT2D eigenvalue weighted by molar-refractivity contribution is 0.143. The normalized spacial score (nSPS) is 18.1. The van der Waals surface area contributed by atoms with E-state index >= 15 is 0 Å². The Morgan fingerprint density at radius 2 is 2.07 bits per heavy atom. The van der Waals surface area contributed by atoms with E-state index in [4.69, 9.17) is 5.73 Å². The summed E-state index contributed by atoms with van der Waals surface area (Å²) in [4.78, 5) is 7.73. The van der Waals surface area contributed by atoms with Gasteiger partial charge in [0, 0.05) is 6.20 Å². The Kier molecular flexibility index (Phi) is 3.57. The van der Waals surface area contributed by atoms with Crippen molar-refractivity contribution in [3.05, 3.63) is 23.8 Å². The summed E-state index contributed by atoms with van der Waals surface area (Å²) >= 11 is 0. The molecule has 0 amide bonds. The van der Waals surface area contributed by atoms with E-state index in [1.807, 2.05) is 0 Å². The topological polar surface area (TPSA) is 51.8 Å². The van der Waals surface area contributed by atoms with Crippen molar-refractivity contribution in [2.45, 2.75) is 31.2 Å². The molecule has 2 N–H and O–H groups in total. The number of hydrogen-bond donors (Lipinski definition) is 1. The molecule has 0 saturated heterocycles. The fourth-order valence-electron chi connectivity index (χ4n) is 1.52. The van der Waals surface area contributed by atoms with Gasteiger partial charge in [-0.1, -0.05) is 0 Å². The van der Waals surface area contributed by atoms with E-state index < -0.39 is 12.0 Å². The number of rotatable bonds is 2. The number of aromatic nitrogens is 2. The lowest BCUT2D eigenvalue weighted by Crippen LogP contribution is -2.45. The number of hydrogen-bond acceptors (Lipinski definition) is 3. The molecule has 1 aromatic heterocycles. The molecule has 0 radical (unpaired) electrons. The van der Waals surface area contributed by atoms with Crippen molar-refractivity contribution in [3.8, 4) is 0 Å². The Morgan fingerprint density at radius 3 is 2.53 bits per heavy atom. The minimum Gasteiger partial charge on any atom is -0.319 e. The molecule has 1 aliphatic carbocycles. The first-order valence-electron chi connectivity index (χ1n) is 4.52. The van der Waals surface area contributed by atoms with E-state index in [0.29, 0.717) is 5.82 Å². The van der Waals surface area contributed by atoms with Gasteiger partial charge in [-0.25, -0.2) is 18.7 Å². The van der Waals surface area contributed by atoms with Gasteiger partial charge in [0.25, 0.3) is 6.43 Å². The second-order valence-electron chi connectivity index (χ2n) is 3.62. The highest BCUT2D eigenvalue weighted by Crippen LogP contribution is 2.36. The minimum atomic E-state index is -2.56. The maximum absolute atomic E-state index is 12.3. The van der Waals surface area contributed by atoms with Crippen LogP contribution in [0.5, 0.6) is 0 Å². The van der Waals surface area contributed by atoms with Gasteiger partial charge in [-0.2, -0.15) is 0 Å². The standard InChI is InChI=1S/C9H11F2N3.ClH/c10-7(11)6-2-5-13-8(14-6)9(12)3-1-4-9;/h2,5,7H,1,3-4,12H2;1H. The Morgan fingerprint density at radius 1 is 1.40 bits per heavy atom. The molecule has 0 atom stereocenters. The molecule has 1 saturated carbocycles. The molecule has 1 heterocycles. The van der Waals surface area contributed by atoms with Crippen molar-refractivity contribution in [2.75, 3.05) is 0 Å². The SMILES string of the molecule is Cl.NC1(c2nccc(C(F)F)n2)CCC1. The van der Waals surface area contributed by atoms with Crippen LogP contribution in [0.15, 0.2) is 12.3 Å². The lowest BCUT2D eigenvalue weighted by Gasteiger charge is -2.36. The van der Waals surface area contributed by atoms with Crippen LogP contribution in [-0.4, -0.2) is 9.97 Å². The molecule has 1 aliphatic rings. The molecular formula is C9H12ClF2N3. The number of nitrogens with zero attached hydrogens (tertiary/aromatic N) is 2. The summed E-state index contributed by atoms with van der Waals surface area (Å²) in [7, 11) is 0. The van der Waals surface area contributed by atoms with Crippen molar-refractivity contribution in [1.82, 2.24) is 9.97 Å². The third kappa shape index (κ3) is 2.23. The molecule has 0 spiro atoms. The molecule has 0 aromatic carbocycles. The Hall–Kier alpha value is -0.810. The number of alkyl halides is 2. The number of halogens is 3. The van der Waals surface area contributed by atoms with Crippen LogP contribution < -0.4 is 5.73 Å². The summed E-state index contributed by atoms with van der Waals surface area (Å²) in [5.74, 6) is 0.349. The third-order valence-corrected chi connectivity index (χ3v) is 2.59.